The lowest BCUT2D eigenvalue weighted by Gasteiger charge is -2.21. The van der Waals surface area contributed by atoms with Crippen LogP contribution in [0.25, 0.3) is 0 Å². The van der Waals surface area contributed by atoms with Crippen LogP contribution in [0.3, 0.4) is 0 Å². The molecule has 0 aromatic heterocycles. The Hall–Kier alpha value is -2.06. The van der Waals surface area contributed by atoms with Gasteiger partial charge in [-0.05, 0) is 33.1 Å². The van der Waals surface area contributed by atoms with Gasteiger partial charge in [0.1, 0.15) is 5.78 Å². The molecule has 0 aliphatic carbocycles. The first-order valence-corrected chi connectivity index (χ1v) is 12.9. The molecule has 0 spiro atoms. The van der Waals surface area contributed by atoms with Gasteiger partial charge < -0.3 is 29.2 Å². The lowest BCUT2D eigenvalue weighted by molar-refractivity contribution is -0.144. The van der Waals surface area contributed by atoms with Crippen molar-refractivity contribution in [2.75, 3.05) is 32.9 Å². The number of esters is 1. The second-order valence-electron chi connectivity index (χ2n) is 7.32. The van der Waals surface area contributed by atoms with Crippen LogP contribution in [0.4, 0.5) is 0 Å². The smallest absolute Gasteiger partial charge is 0.306 e. The number of nitrogens with one attached hydrogen (secondary N) is 2. The zero-order chi connectivity index (χ0) is 25.6. The third-order valence-electron chi connectivity index (χ3n) is 4.20. The molecule has 10 nitrogen and oxygen atoms in total. The average Bonchev–Trinajstić information content (AvgIpc) is 2.79. The third kappa shape index (κ3) is 20.3. The van der Waals surface area contributed by atoms with Crippen LogP contribution in [0, 0.1) is 0 Å². The summed E-state index contributed by atoms with van der Waals surface area (Å²) in [4.78, 5) is 50.4. The molecule has 0 aromatic carbocycles. The van der Waals surface area contributed by atoms with Crippen LogP contribution in [0.15, 0.2) is 4.99 Å². The van der Waals surface area contributed by atoms with E-state index in [0.717, 1.165) is 0 Å². The maximum Gasteiger partial charge on any atom is 0.306 e. The van der Waals surface area contributed by atoms with Gasteiger partial charge in [0.25, 0.3) is 0 Å². The number of amides is 2. The molecule has 33 heavy (non-hydrogen) atoms. The minimum Gasteiger partial charge on any atom is -0.466 e. The van der Waals surface area contributed by atoms with E-state index in [1.165, 1.54) is 13.3 Å². The van der Waals surface area contributed by atoms with E-state index >= 15 is 0 Å². The van der Waals surface area contributed by atoms with Crippen molar-refractivity contribution in [1.82, 2.24) is 10.6 Å². The van der Waals surface area contributed by atoms with Crippen molar-refractivity contribution in [1.29, 1.82) is 0 Å². The molecule has 11 heteroatoms. The van der Waals surface area contributed by atoms with Gasteiger partial charge in [0.2, 0.25) is 20.2 Å². The van der Waals surface area contributed by atoms with E-state index in [1.54, 1.807) is 6.66 Å². The molecule has 0 fully saturated rings. The molecule has 0 rings (SSSR count). The van der Waals surface area contributed by atoms with E-state index < -0.39 is 20.4 Å². The molecule has 0 bridgehead atoms. The molecule has 190 valence electrons. The van der Waals surface area contributed by atoms with Crippen LogP contribution in [0.1, 0.15) is 73.5 Å². The maximum atomic E-state index is 12.2. The molecule has 0 heterocycles. The number of unbranched alkanes of at least 4 members (excludes halogenated alkanes) is 2. The second kappa shape index (κ2) is 20.5. The zero-order valence-corrected chi connectivity index (χ0v) is 21.0. The molecule has 0 aliphatic heterocycles. The standard InChI is InChI=1S/C22H40N3O7P/c1-5-7-10-20(27)24-15-19(32-33(4)31-17-23-6-2)16-25-21(28)11-8-9-14-30-22(29)13-12-18(3)26/h17,19H,5-16H2,1-4H3,(H,24,27)(H,25,28)/i1D. The van der Waals surface area contributed by atoms with Crippen LogP contribution in [-0.4, -0.2) is 69.0 Å². The average molecular weight is 491 g/mol. The number of hydrogen-bond donors (Lipinski definition) is 2. The van der Waals surface area contributed by atoms with Crippen LogP contribution < -0.4 is 10.6 Å². The summed E-state index contributed by atoms with van der Waals surface area (Å²) in [5, 5.41) is 5.60. The number of aliphatic imine (C=N–C) groups is 1. The number of ketones is 1. The van der Waals surface area contributed by atoms with E-state index in [2.05, 4.69) is 15.6 Å². The number of ether oxygens (including phenoxy) is 1. The highest BCUT2D eigenvalue weighted by Gasteiger charge is 2.17. The monoisotopic (exact) mass is 490 g/mol. The Balaban J connectivity index is 4.33. The van der Waals surface area contributed by atoms with Gasteiger partial charge >= 0.3 is 5.97 Å². The fraction of sp³-hybridized carbons (Fsp3) is 0.773. The van der Waals surface area contributed by atoms with E-state index in [-0.39, 0.29) is 56.6 Å². The van der Waals surface area contributed by atoms with E-state index in [9.17, 15) is 19.2 Å². The molecule has 0 saturated carbocycles. The third-order valence-corrected chi connectivity index (χ3v) is 5.19. The highest BCUT2D eigenvalue weighted by atomic mass is 31.2. The molecule has 0 aliphatic rings. The van der Waals surface area contributed by atoms with Crippen LogP contribution in [0.5, 0.6) is 0 Å². The Kier molecular flexibility index (Phi) is 18.0. The van der Waals surface area contributed by atoms with Gasteiger partial charge in [-0.3, -0.25) is 19.4 Å². The van der Waals surface area contributed by atoms with Crippen molar-refractivity contribution in [2.45, 2.75) is 78.2 Å². The van der Waals surface area contributed by atoms with Gasteiger partial charge in [0.15, 0.2) is 6.40 Å². The van der Waals surface area contributed by atoms with Gasteiger partial charge in [-0.2, -0.15) is 0 Å². The summed E-state index contributed by atoms with van der Waals surface area (Å²) in [6, 6.07) is 0. The number of carbonyl (C=O) groups is 4. The first-order chi connectivity index (χ1) is 16.3. The molecule has 2 N–H and O–H groups in total. The summed E-state index contributed by atoms with van der Waals surface area (Å²) in [6.45, 7) is 6.58. The summed E-state index contributed by atoms with van der Waals surface area (Å²) in [5.41, 5.74) is 0. The summed E-state index contributed by atoms with van der Waals surface area (Å²) >= 11 is 0. The fourth-order valence-electron chi connectivity index (χ4n) is 2.40. The highest BCUT2D eigenvalue weighted by Crippen LogP contribution is 2.33. The van der Waals surface area contributed by atoms with Crippen molar-refractivity contribution < 1.29 is 34.3 Å². The van der Waals surface area contributed by atoms with Crippen molar-refractivity contribution >= 4 is 38.3 Å². The van der Waals surface area contributed by atoms with Crippen molar-refractivity contribution in [3.05, 3.63) is 0 Å². The van der Waals surface area contributed by atoms with E-state index in [1.807, 2.05) is 6.92 Å². The second-order valence-corrected chi connectivity index (χ2v) is 8.62. The van der Waals surface area contributed by atoms with Crippen molar-refractivity contribution in [2.24, 2.45) is 4.99 Å². The lowest BCUT2D eigenvalue weighted by Crippen LogP contribution is -2.40. The largest absolute Gasteiger partial charge is 0.466 e. The van der Waals surface area contributed by atoms with Gasteiger partial charge in [0.05, 0.1) is 19.1 Å². The summed E-state index contributed by atoms with van der Waals surface area (Å²) in [7, 11) is -1.28. The van der Waals surface area contributed by atoms with Gasteiger partial charge in [-0.25, -0.2) is 0 Å². The summed E-state index contributed by atoms with van der Waals surface area (Å²) in [5.74, 6) is -0.771. The maximum absolute atomic E-state index is 12.2. The first-order valence-electron chi connectivity index (χ1n) is 12.0. The molecular weight excluding hydrogens is 449 g/mol. The van der Waals surface area contributed by atoms with Crippen LogP contribution >= 0.6 is 8.38 Å². The molecule has 0 radical (unpaired) electrons. The number of hydrogen-bond acceptors (Lipinski definition) is 8. The fourth-order valence-corrected chi connectivity index (χ4v) is 3.22. The topological polar surface area (TPSA) is 132 Å². The predicted molar refractivity (Wildman–Crippen MR) is 128 cm³/mol. The Morgan fingerprint density at radius 1 is 1.03 bits per heavy atom. The zero-order valence-electron chi connectivity index (χ0n) is 21.1. The Morgan fingerprint density at radius 2 is 1.70 bits per heavy atom. The molecular formula is C22H40N3O7P. The number of nitrogens with zero attached hydrogens (tertiary/aromatic N) is 1. The summed E-state index contributed by atoms with van der Waals surface area (Å²) in [6.07, 6.45) is 4.13. The number of Topliss-reactive ketones (excluding diaryl/α,β-unsaturated/α-hetero) is 1. The SMILES string of the molecule is [2H]CCCCC(=O)NCC(CNC(=O)CCCCOC(=O)CCC(C)=O)OP(C)OC=NCC. The minimum atomic E-state index is -1.28. The molecule has 2 unspecified atom stereocenters. The van der Waals surface area contributed by atoms with Crippen LogP contribution in [0.2, 0.25) is 0 Å². The van der Waals surface area contributed by atoms with Crippen molar-refractivity contribution in [3.63, 3.8) is 0 Å². The van der Waals surface area contributed by atoms with Crippen molar-refractivity contribution in [3.8, 4) is 0 Å². The highest BCUT2D eigenvalue weighted by molar-refractivity contribution is 7.46. The summed E-state index contributed by atoms with van der Waals surface area (Å²) < 4.78 is 23.4. The number of rotatable bonds is 20. The lowest BCUT2D eigenvalue weighted by atomic mass is 10.2. The van der Waals surface area contributed by atoms with E-state index in [4.69, 9.17) is 15.2 Å². The predicted octanol–water partition coefficient (Wildman–Crippen LogP) is 2.88. The minimum absolute atomic E-state index is 0.0593. The quantitative estimate of drug-likeness (QED) is 0.0881. The van der Waals surface area contributed by atoms with Gasteiger partial charge in [0, 0.05) is 46.9 Å². The van der Waals surface area contributed by atoms with E-state index in [0.29, 0.717) is 45.5 Å². The Morgan fingerprint density at radius 3 is 2.30 bits per heavy atom. The first kappa shape index (κ1) is 29.0. The molecule has 2 atom stereocenters. The normalized spacial score (nSPS) is 13.1. The van der Waals surface area contributed by atoms with Gasteiger partial charge in [-0.15, -0.1) is 0 Å². The number of carbonyl (C=O) groups excluding carboxylic acids is 4. The Labute approximate surface area is 199 Å². The Bertz CT molecular complexity index is 638. The molecule has 0 aromatic rings. The molecule has 0 saturated heterocycles. The van der Waals surface area contributed by atoms with Gasteiger partial charge in [-0.1, -0.05) is 13.3 Å². The van der Waals surface area contributed by atoms with Crippen LogP contribution in [-0.2, 0) is 33.0 Å². The molecule has 2 amide bonds.